The van der Waals surface area contributed by atoms with Crippen molar-refractivity contribution < 1.29 is 9.53 Å². The van der Waals surface area contributed by atoms with Crippen LogP contribution in [0, 0.1) is 0 Å². The fraction of sp³-hybridized carbons (Fsp3) is 0.333. The number of methoxy groups -OCH3 is 1. The van der Waals surface area contributed by atoms with Gasteiger partial charge in [0.25, 0.3) is 0 Å². The molecule has 4 rings (SSSR count). The predicted octanol–water partition coefficient (Wildman–Crippen LogP) is 2.84. The zero-order chi connectivity index (χ0) is 20.1. The summed E-state index contributed by atoms with van der Waals surface area (Å²) in [6.45, 7) is 1.98. The molecule has 0 saturated carbocycles. The molecule has 1 amide bonds. The second-order valence-electron chi connectivity index (χ2n) is 6.99. The molecule has 0 unspecified atom stereocenters. The highest BCUT2D eigenvalue weighted by atomic mass is 16.5. The Balaban J connectivity index is 1.48. The maximum atomic E-state index is 12.5. The topological polar surface area (TPSA) is 85.2 Å². The van der Waals surface area contributed by atoms with Gasteiger partial charge in [0.15, 0.2) is 5.82 Å². The zero-order valence-electron chi connectivity index (χ0n) is 16.4. The van der Waals surface area contributed by atoms with Gasteiger partial charge in [0.1, 0.15) is 17.8 Å². The SMILES string of the molecule is COc1ccccc1CC(=O)Nc1cnn(-c2ncncc2N2CCCCC2)c1. The van der Waals surface area contributed by atoms with Gasteiger partial charge in [0, 0.05) is 18.7 Å². The smallest absolute Gasteiger partial charge is 0.229 e. The fourth-order valence-corrected chi connectivity index (χ4v) is 3.58. The van der Waals surface area contributed by atoms with Gasteiger partial charge in [-0.05, 0) is 25.3 Å². The first-order chi connectivity index (χ1) is 14.2. The number of rotatable bonds is 6. The van der Waals surface area contributed by atoms with Crippen LogP contribution in [0.5, 0.6) is 5.75 Å². The van der Waals surface area contributed by atoms with Crippen molar-refractivity contribution in [2.75, 3.05) is 30.4 Å². The minimum absolute atomic E-state index is 0.131. The Morgan fingerprint density at radius 1 is 1.17 bits per heavy atom. The molecule has 8 heteroatoms. The molecule has 1 aliphatic rings. The highest BCUT2D eigenvalue weighted by Crippen LogP contribution is 2.25. The zero-order valence-corrected chi connectivity index (χ0v) is 16.4. The number of hydrogen-bond acceptors (Lipinski definition) is 6. The summed E-state index contributed by atoms with van der Waals surface area (Å²) in [5, 5.41) is 7.29. The Labute approximate surface area is 169 Å². The van der Waals surface area contributed by atoms with Crippen molar-refractivity contribution in [2.45, 2.75) is 25.7 Å². The molecule has 3 aromatic rings. The number of amides is 1. The third kappa shape index (κ3) is 4.37. The normalized spacial score (nSPS) is 13.9. The van der Waals surface area contributed by atoms with E-state index in [2.05, 4.69) is 25.3 Å². The average Bonchev–Trinajstić information content (AvgIpc) is 3.23. The Morgan fingerprint density at radius 3 is 2.83 bits per heavy atom. The lowest BCUT2D eigenvalue weighted by molar-refractivity contribution is -0.115. The van der Waals surface area contributed by atoms with Crippen LogP contribution in [0.15, 0.2) is 49.2 Å². The van der Waals surface area contributed by atoms with Crippen molar-refractivity contribution in [1.29, 1.82) is 0 Å². The lowest BCUT2D eigenvalue weighted by Crippen LogP contribution is -2.30. The summed E-state index contributed by atoms with van der Waals surface area (Å²) < 4.78 is 7.00. The molecule has 0 spiro atoms. The molecule has 1 aromatic carbocycles. The maximum Gasteiger partial charge on any atom is 0.229 e. The summed E-state index contributed by atoms with van der Waals surface area (Å²) in [7, 11) is 1.60. The quantitative estimate of drug-likeness (QED) is 0.694. The predicted molar refractivity (Wildman–Crippen MR) is 111 cm³/mol. The third-order valence-electron chi connectivity index (χ3n) is 5.00. The van der Waals surface area contributed by atoms with Gasteiger partial charge in [0.2, 0.25) is 5.91 Å². The molecule has 29 heavy (non-hydrogen) atoms. The molecule has 0 bridgehead atoms. The van der Waals surface area contributed by atoms with E-state index >= 15 is 0 Å². The number of anilines is 2. The minimum Gasteiger partial charge on any atom is -0.496 e. The summed E-state index contributed by atoms with van der Waals surface area (Å²) in [5.41, 5.74) is 2.42. The van der Waals surface area contributed by atoms with Gasteiger partial charge in [-0.2, -0.15) is 5.10 Å². The number of ether oxygens (including phenoxy) is 1. The summed E-state index contributed by atoms with van der Waals surface area (Å²) in [5.74, 6) is 1.28. The number of aromatic nitrogens is 4. The van der Waals surface area contributed by atoms with E-state index < -0.39 is 0 Å². The standard InChI is InChI=1S/C21H24N6O2/c1-29-19-8-4-3-7-16(19)11-20(28)25-17-12-24-27(14-17)21-18(13-22-15-23-21)26-9-5-2-6-10-26/h3-4,7-8,12-15H,2,5-6,9-11H2,1H3,(H,25,28). The number of carbonyl (C=O) groups excluding carboxylic acids is 1. The molecular weight excluding hydrogens is 368 g/mol. The van der Waals surface area contributed by atoms with Crippen LogP contribution in [-0.4, -0.2) is 45.9 Å². The van der Waals surface area contributed by atoms with Gasteiger partial charge in [-0.25, -0.2) is 14.6 Å². The Hall–Kier alpha value is -3.42. The van der Waals surface area contributed by atoms with Crippen LogP contribution in [0.3, 0.4) is 0 Å². The lowest BCUT2D eigenvalue weighted by atomic mass is 10.1. The van der Waals surface area contributed by atoms with Crippen molar-refractivity contribution in [1.82, 2.24) is 19.7 Å². The van der Waals surface area contributed by atoms with Crippen LogP contribution in [0.25, 0.3) is 5.82 Å². The molecular formula is C21H24N6O2. The molecule has 8 nitrogen and oxygen atoms in total. The number of nitrogens with one attached hydrogen (secondary N) is 1. The minimum atomic E-state index is -0.131. The van der Waals surface area contributed by atoms with E-state index in [0.717, 1.165) is 37.2 Å². The number of carbonyl (C=O) groups is 1. The second-order valence-corrected chi connectivity index (χ2v) is 6.99. The van der Waals surface area contributed by atoms with Crippen LogP contribution >= 0.6 is 0 Å². The van der Waals surface area contributed by atoms with E-state index in [-0.39, 0.29) is 12.3 Å². The Bertz CT molecular complexity index is 981. The first-order valence-corrected chi connectivity index (χ1v) is 9.76. The average molecular weight is 392 g/mol. The van der Waals surface area contributed by atoms with Gasteiger partial charge in [0.05, 0.1) is 37.8 Å². The summed E-state index contributed by atoms with van der Waals surface area (Å²) in [6, 6.07) is 7.50. The van der Waals surface area contributed by atoms with Crippen molar-refractivity contribution in [3.8, 4) is 11.6 Å². The van der Waals surface area contributed by atoms with Crippen LogP contribution in [0.2, 0.25) is 0 Å². The Morgan fingerprint density at radius 2 is 2.00 bits per heavy atom. The second kappa shape index (κ2) is 8.72. The van der Waals surface area contributed by atoms with Crippen molar-refractivity contribution in [3.05, 3.63) is 54.7 Å². The molecule has 1 fully saturated rings. The lowest BCUT2D eigenvalue weighted by Gasteiger charge is -2.29. The van der Waals surface area contributed by atoms with Crippen LogP contribution < -0.4 is 15.0 Å². The van der Waals surface area contributed by atoms with Gasteiger partial charge < -0.3 is 15.0 Å². The monoisotopic (exact) mass is 392 g/mol. The molecule has 150 valence electrons. The molecule has 1 saturated heterocycles. The maximum absolute atomic E-state index is 12.5. The van der Waals surface area contributed by atoms with Gasteiger partial charge >= 0.3 is 0 Å². The van der Waals surface area contributed by atoms with E-state index in [9.17, 15) is 4.79 Å². The largest absolute Gasteiger partial charge is 0.496 e. The van der Waals surface area contributed by atoms with E-state index in [1.807, 2.05) is 30.5 Å². The number of para-hydroxylation sites is 1. The highest BCUT2D eigenvalue weighted by molar-refractivity contribution is 5.92. The summed E-state index contributed by atoms with van der Waals surface area (Å²) >= 11 is 0. The summed E-state index contributed by atoms with van der Waals surface area (Å²) in [4.78, 5) is 23.4. The van der Waals surface area contributed by atoms with Gasteiger partial charge in [-0.15, -0.1) is 0 Å². The van der Waals surface area contributed by atoms with E-state index in [4.69, 9.17) is 4.74 Å². The van der Waals surface area contributed by atoms with Crippen LogP contribution in [0.1, 0.15) is 24.8 Å². The number of hydrogen-bond donors (Lipinski definition) is 1. The molecule has 3 heterocycles. The number of benzene rings is 1. The molecule has 0 aliphatic carbocycles. The first-order valence-electron chi connectivity index (χ1n) is 9.76. The third-order valence-corrected chi connectivity index (χ3v) is 5.00. The highest BCUT2D eigenvalue weighted by Gasteiger charge is 2.18. The molecule has 2 aromatic heterocycles. The van der Waals surface area contributed by atoms with Gasteiger partial charge in [-0.3, -0.25) is 4.79 Å². The summed E-state index contributed by atoms with van der Waals surface area (Å²) in [6.07, 6.45) is 10.6. The van der Waals surface area contributed by atoms with Gasteiger partial charge in [-0.1, -0.05) is 18.2 Å². The molecule has 1 aliphatic heterocycles. The number of nitrogens with zero attached hydrogens (tertiary/aromatic N) is 5. The van der Waals surface area contributed by atoms with Crippen molar-refractivity contribution in [3.63, 3.8) is 0 Å². The van der Waals surface area contributed by atoms with Crippen LogP contribution in [0.4, 0.5) is 11.4 Å². The molecule has 0 atom stereocenters. The van der Waals surface area contributed by atoms with Crippen LogP contribution in [-0.2, 0) is 11.2 Å². The van der Waals surface area contributed by atoms with E-state index in [1.165, 1.54) is 12.7 Å². The number of piperidine rings is 1. The first kappa shape index (κ1) is 18.9. The Kier molecular flexibility index (Phi) is 5.69. The van der Waals surface area contributed by atoms with E-state index in [0.29, 0.717) is 17.3 Å². The molecule has 1 N–H and O–H groups in total. The van der Waals surface area contributed by atoms with Crippen molar-refractivity contribution in [2.24, 2.45) is 0 Å². The van der Waals surface area contributed by atoms with E-state index in [1.54, 1.807) is 24.2 Å². The fourth-order valence-electron chi connectivity index (χ4n) is 3.58. The molecule has 0 radical (unpaired) electrons. The van der Waals surface area contributed by atoms with Crippen molar-refractivity contribution >= 4 is 17.3 Å².